The van der Waals surface area contributed by atoms with E-state index in [2.05, 4.69) is 142 Å². The fourth-order valence-corrected chi connectivity index (χ4v) is 6.02. The molecule has 218 valence electrons. The lowest BCUT2D eigenvalue weighted by molar-refractivity contribution is 0.749. The fraction of sp³-hybridized carbons (Fsp3) is 0.0244. The molecule has 7 aromatic rings. The summed E-state index contributed by atoms with van der Waals surface area (Å²) in [5, 5.41) is 3.79. The Balaban J connectivity index is 1.27. The summed E-state index contributed by atoms with van der Waals surface area (Å²) >= 11 is 0. The van der Waals surface area contributed by atoms with Crippen LogP contribution in [-0.2, 0) is 0 Å². The van der Waals surface area contributed by atoms with Gasteiger partial charge in [-0.15, -0.1) is 0 Å². The fourth-order valence-electron chi connectivity index (χ4n) is 6.02. The van der Waals surface area contributed by atoms with Crippen molar-refractivity contribution < 1.29 is 0 Å². The second-order valence-electron chi connectivity index (χ2n) is 11.3. The van der Waals surface area contributed by atoms with Gasteiger partial charge >= 0.3 is 0 Å². The molecule has 46 heavy (non-hydrogen) atoms. The van der Waals surface area contributed by atoms with E-state index in [1.807, 2.05) is 24.4 Å². The van der Waals surface area contributed by atoms with E-state index in [1.54, 1.807) is 18.6 Å². The second kappa shape index (κ2) is 12.1. The number of rotatable bonds is 6. The average molecular weight is 592 g/mol. The molecular weight excluding hydrogens is 562 g/mol. The number of nitrogens with zero attached hydrogens (tertiary/aromatic N) is 4. The smallest absolute Gasteiger partial charge is 0.159 e. The van der Waals surface area contributed by atoms with Crippen LogP contribution in [-0.4, -0.2) is 20.8 Å². The standard InChI is InChI=1S/C41H29N5/c1-3-9-28(10-4-1)32-18-19-37-38(26-32)45-41(46-39(37)31-11-5-2-6-12-31)36-24-34(23-35(25-36)40-43-21-8-22-44-40)30-16-14-29(15-17-30)33-13-7-20-42-27-33/h1-27,39H,(H,45,46). The monoisotopic (exact) mass is 591 g/mol. The first-order valence-electron chi connectivity index (χ1n) is 15.3. The minimum absolute atomic E-state index is 0.0626. The molecule has 0 bridgehead atoms. The molecule has 0 radical (unpaired) electrons. The lowest BCUT2D eigenvalue weighted by Crippen LogP contribution is -2.32. The summed E-state index contributed by atoms with van der Waals surface area (Å²) in [7, 11) is 0. The van der Waals surface area contributed by atoms with Crippen molar-refractivity contribution in [2.75, 3.05) is 0 Å². The quantitative estimate of drug-likeness (QED) is 0.209. The molecule has 0 amide bonds. The van der Waals surface area contributed by atoms with Gasteiger partial charge in [0.15, 0.2) is 5.82 Å². The van der Waals surface area contributed by atoms with Crippen LogP contribution in [0.2, 0.25) is 0 Å². The van der Waals surface area contributed by atoms with Gasteiger partial charge in [0.05, 0.1) is 11.7 Å². The third-order valence-electron chi connectivity index (χ3n) is 8.34. The van der Waals surface area contributed by atoms with E-state index < -0.39 is 0 Å². The maximum absolute atomic E-state index is 5.26. The molecule has 1 aliphatic heterocycles. The summed E-state index contributed by atoms with van der Waals surface area (Å²) < 4.78 is 0. The summed E-state index contributed by atoms with van der Waals surface area (Å²) in [6.07, 6.45) is 7.24. The topological polar surface area (TPSA) is 63.1 Å². The maximum atomic E-state index is 5.26. The highest BCUT2D eigenvalue weighted by Gasteiger charge is 2.25. The summed E-state index contributed by atoms with van der Waals surface area (Å²) in [5.41, 5.74) is 11.8. The van der Waals surface area contributed by atoms with Crippen molar-refractivity contribution in [2.45, 2.75) is 6.04 Å². The van der Waals surface area contributed by atoms with Crippen molar-refractivity contribution in [1.82, 2.24) is 20.3 Å². The Kier molecular flexibility index (Phi) is 7.17. The Morgan fingerprint density at radius 1 is 0.457 bits per heavy atom. The first-order chi connectivity index (χ1) is 22.8. The van der Waals surface area contributed by atoms with Gasteiger partial charge in [0.2, 0.25) is 0 Å². The summed E-state index contributed by atoms with van der Waals surface area (Å²) in [5.74, 6) is 1.47. The minimum Gasteiger partial charge on any atom is -0.359 e. The third-order valence-corrected chi connectivity index (χ3v) is 8.34. The normalized spacial score (nSPS) is 13.7. The number of fused-ring (bicyclic) bond motifs is 1. The highest BCUT2D eigenvalue weighted by molar-refractivity contribution is 6.04. The average Bonchev–Trinajstić information content (AvgIpc) is 3.15. The molecule has 1 N–H and O–H groups in total. The van der Waals surface area contributed by atoms with E-state index in [9.17, 15) is 0 Å². The number of aromatic nitrogens is 3. The SMILES string of the molecule is c1ccc(-c2ccc3c(c2)N=C(c2cc(-c4ccc(-c5cccnc5)cc4)cc(-c4ncccn4)c2)NC3c2ccccc2)cc1. The van der Waals surface area contributed by atoms with E-state index in [4.69, 9.17) is 4.99 Å². The first kappa shape index (κ1) is 27.4. The molecule has 5 nitrogen and oxygen atoms in total. The molecule has 1 unspecified atom stereocenters. The van der Waals surface area contributed by atoms with Crippen LogP contribution in [0.5, 0.6) is 0 Å². The van der Waals surface area contributed by atoms with Gasteiger partial charge in [-0.1, -0.05) is 103 Å². The Hall–Kier alpha value is -6.20. The Morgan fingerprint density at radius 3 is 1.83 bits per heavy atom. The van der Waals surface area contributed by atoms with Gasteiger partial charge in [0.1, 0.15) is 5.84 Å². The van der Waals surface area contributed by atoms with Crippen molar-refractivity contribution in [3.8, 4) is 44.8 Å². The highest BCUT2D eigenvalue weighted by Crippen LogP contribution is 2.38. The van der Waals surface area contributed by atoms with Crippen LogP contribution in [0, 0.1) is 0 Å². The van der Waals surface area contributed by atoms with Gasteiger partial charge in [0.25, 0.3) is 0 Å². The summed E-state index contributed by atoms with van der Waals surface area (Å²) in [6, 6.07) is 48.5. The van der Waals surface area contributed by atoms with Crippen molar-refractivity contribution in [3.63, 3.8) is 0 Å². The number of nitrogens with one attached hydrogen (secondary N) is 1. The predicted molar refractivity (Wildman–Crippen MR) is 186 cm³/mol. The minimum atomic E-state index is -0.0626. The lowest BCUT2D eigenvalue weighted by Gasteiger charge is -2.28. The Labute approximate surface area is 268 Å². The first-order valence-corrected chi connectivity index (χ1v) is 15.3. The molecule has 1 aliphatic rings. The van der Waals surface area contributed by atoms with Gasteiger partial charge in [-0.05, 0) is 75.3 Å². The van der Waals surface area contributed by atoms with Crippen LogP contribution in [0.4, 0.5) is 5.69 Å². The molecule has 0 saturated heterocycles. The summed E-state index contributed by atoms with van der Waals surface area (Å²) in [6.45, 7) is 0. The van der Waals surface area contributed by atoms with Crippen LogP contribution >= 0.6 is 0 Å². The Morgan fingerprint density at radius 2 is 1.09 bits per heavy atom. The van der Waals surface area contributed by atoms with Crippen molar-refractivity contribution in [2.24, 2.45) is 4.99 Å². The van der Waals surface area contributed by atoms with E-state index in [0.717, 1.165) is 61.6 Å². The van der Waals surface area contributed by atoms with Crippen LogP contribution < -0.4 is 5.32 Å². The zero-order chi connectivity index (χ0) is 30.7. The molecule has 3 heterocycles. The maximum Gasteiger partial charge on any atom is 0.159 e. The number of hydrogen-bond acceptors (Lipinski definition) is 5. The van der Waals surface area contributed by atoms with E-state index in [-0.39, 0.29) is 6.04 Å². The number of hydrogen-bond donors (Lipinski definition) is 1. The third kappa shape index (κ3) is 5.46. The van der Waals surface area contributed by atoms with Crippen LogP contribution in [0.15, 0.2) is 169 Å². The van der Waals surface area contributed by atoms with Crippen LogP contribution in [0.25, 0.3) is 44.8 Å². The number of pyridine rings is 1. The largest absolute Gasteiger partial charge is 0.359 e. The highest BCUT2D eigenvalue weighted by atomic mass is 15.1. The molecule has 1 atom stereocenters. The zero-order valence-corrected chi connectivity index (χ0v) is 25.0. The number of benzene rings is 5. The number of aliphatic imine (C=N–C) groups is 1. The van der Waals surface area contributed by atoms with Crippen molar-refractivity contribution in [1.29, 1.82) is 0 Å². The van der Waals surface area contributed by atoms with E-state index in [0.29, 0.717) is 5.82 Å². The molecule has 0 aliphatic carbocycles. The molecule has 8 rings (SSSR count). The molecule has 5 heteroatoms. The van der Waals surface area contributed by atoms with Gasteiger partial charge in [-0.2, -0.15) is 0 Å². The molecule has 0 spiro atoms. The van der Waals surface area contributed by atoms with Gasteiger partial charge in [-0.3, -0.25) is 4.98 Å². The number of amidine groups is 1. The van der Waals surface area contributed by atoms with Gasteiger partial charge in [-0.25, -0.2) is 15.0 Å². The van der Waals surface area contributed by atoms with Crippen molar-refractivity contribution in [3.05, 3.63) is 181 Å². The lowest BCUT2D eigenvalue weighted by atomic mass is 9.92. The van der Waals surface area contributed by atoms with Crippen LogP contribution in [0.3, 0.4) is 0 Å². The zero-order valence-electron chi connectivity index (χ0n) is 25.0. The molecule has 5 aromatic carbocycles. The molecule has 0 saturated carbocycles. The summed E-state index contributed by atoms with van der Waals surface area (Å²) in [4.78, 5) is 18.7. The molecule has 0 fully saturated rings. The predicted octanol–water partition coefficient (Wildman–Crippen LogP) is 9.31. The van der Waals surface area contributed by atoms with Crippen molar-refractivity contribution >= 4 is 11.5 Å². The Bertz CT molecular complexity index is 2150. The van der Waals surface area contributed by atoms with Gasteiger partial charge < -0.3 is 5.32 Å². The molecule has 2 aromatic heterocycles. The van der Waals surface area contributed by atoms with E-state index >= 15 is 0 Å². The second-order valence-corrected chi connectivity index (χ2v) is 11.3. The molecular formula is C41H29N5. The van der Waals surface area contributed by atoms with E-state index in [1.165, 1.54) is 5.56 Å². The van der Waals surface area contributed by atoms with Crippen LogP contribution in [0.1, 0.15) is 22.7 Å². The van der Waals surface area contributed by atoms with Gasteiger partial charge in [0, 0.05) is 41.5 Å².